The number of hydrogen-bond donors (Lipinski definition) is 1. The largest absolute Gasteiger partial charge is 0.416 e. The van der Waals surface area contributed by atoms with E-state index in [1.807, 2.05) is 6.92 Å². The summed E-state index contributed by atoms with van der Waals surface area (Å²) < 4.78 is 56.3. The smallest absolute Gasteiger partial charge is 0.378 e. The standard InChI is InChI=1S/C14H17F4NO/c1-2-20-13-6-12(7-13)19-8-9-3-10(14(16,17)18)5-11(15)4-9/h3-5,12-13,19H,2,6-8H2,1H3. The average molecular weight is 291 g/mol. The van der Waals surface area contributed by atoms with Crippen LogP contribution in [0.5, 0.6) is 0 Å². The number of halogens is 4. The molecule has 1 aliphatic rings. The van der Waals surface area contributed by atoms with E-state index in [9.17, 15) is 17.6 Å². The van der Waals surface area contributed by atoms with Crippen LogP contribution in [0.3, 0.4) is 0 Å². The van der Waals surface area contributed by atoms with Gasteiger partial charge in [0.1, 0.15) is 5.82 Å². The van der Waals surface area contributed by atoms with Gasteiger partial charge in [0.25, 0.3) is 0 Å². The van der Waals surface area contributed by atoms with Gasteiger partial charge in [-0.1, -0.05) is 0 Å². The number of rotatable bonds is 5. The van der Waals surface area contributed by atoms with Crippen molar-refractivity contribution >= 4 is 0 Å². The summed E-state index contributed by atoms with van der Waals surface area (Å²) in [6, 6.07) is 2.84. The van der Waals surface area contributed by atoms with Crippen LogP contribution in [0.25, 0.3) is 0 Å². The molecule has 1 fully saturated rings. The van der Waals surface area contributed by atoms with E-state index in [0.29, 0.717) is 18.2 Å². The van der Waals surface area contributed by atoms with E-state index >= 15 is 0 Å². The molecule has 1 saturated carbocycles. The minimum atomic E-state index is -4.52. The van der Waals surface area contributed by atoms with Crippen molar-refractivity contribution < 1.29 is 22.3 Å². The Morgan fingerprint density at radius 2 is 1.95 bits per heavy atom. The van der Waals surface area contributed by atoms with E-state index in [1.165, 1.54) is 0 Å². The highest BCUT2D eigenvalue weighted by atomic mass is 19.4. The maximum absolute atomic E-state index is 13.2. The highest BCUT2D eigenvalue weighted by Gasteiger charge is 2.32. The summed E-state index contributed by atoms with van der Waals surface area (Å²) in [5.41, 5.74) is -0.646. The maximum atomic E-state index is 13.2. The van der Waals surface area contributed by atoms with Gasteiger partial charge in [-0.05, 0) is 43.5 Å². The lowest BCUT2D eigenvalue weighted by atomic mass is 9.89. The number of benzene rings is 1. The molecule has 0 radical (unpaired) electrons. The lowest BCUT2D eigenvalue weighted by Gasteiger charge is -2.35. The predicted octanol–water partition coefficient (Wildman–Crippen LogP) is 3.50. The fourth-order valence-electron chi connectivity index (χ4n) is 2.28. The van der Waals surface area contributed by atoms with Crippen LogP contribution in [0, 0.1) is 5.82 Å². The molecule has 1 N–H and O–H groups in total. The van der Waals surface area contributed by atoms with Crippen LogP contribution in [-0.2, 0) is 17.5 Å². The molecule has 0 aromatic heterocycles. The molecule has 20 heavy (non-hydrogen) atoms. The van der Waals surface area contributed by atoms with Crippen molar-refractivity contribution in [1.29, 1.82) is 0 Å². The number of hydrogen-bond acceptors (Lipinski definition) is 2. The first-order valence-electron chi connectivity index (χ1n) is 6.60. The van der Waals surface area contributed by atoms with E-state index in [4.69, 9.17) is 4.74 Å². The summed E-state index contributed by atoms with van der Waals surface area (Å²) in [5.74, 6) is -0.863. The highest BCUT2D eigenvalue weighted by Crippen LogP contribution is 2.30. The van der Waals surface area contributed by atoms with Crippen LogP contribution in [0.2, 0.25) is 0 Å². The molecular weight excluding hydrogens is 274 g/mol. The molecule has 1 aromatic rings. The molecule has 6 heteroatoms. The Kier molecular flexibility index (Phi) is 4.65. The molecule has 2 rings (SSSR count). The van der Waals surface area contributed by atoms with E-state index < -0.39 is 17.6 Å². The Morgan fingerprint density at radius 1 is 1.25 bits per heavy atom. The van der Waals surface area contributed by atoms with Crippen LogP contribution < -0.4 is 5.32 Å². The Balaban J connectivity index is 1.89. The highest BCUT2D eigenvalue weighted by molar-refractivity contribution is 5.26. The molecule has 2 nitrogen and oxygen atoms in total. The summed E-state index contributed by atoms with van der Waals surface area (Å²) in [6.07, 6.45) is -2.60. The second kappa shape index (κ2) is 6.10. The fourth-order valence-corrected chi connectivity index (χ4v) is 2.28. The number of nitrogens with one attached hydrogen (secondary N) is 1. The van der Waals surface area contributed by atoms with E-state index in [-0.39, 0.29) is 18.7 Å². The van der Waals surface area contributed by atoms with Crippen molar-refractivity contribution in [2.45, 2.75) is 44.6 Å². The quantitative estimate of drug-likeness (QED) is 0.838. The number of alkyl halides is 3. The summed E-state index contributed by atoms with van der Waals surface area (Å²) >= 11 is 0. The van der Waals surface area contributed by atoms with Gasteiger partial charge in [0.15, 0.2) is 0 Å². The maximum Gasteiger partial charge on any atom is 0.416 e. The zero-order chi connectivity index (χ0) is 14.8. The van der Waals surface area contributed by atoms with Gasteiger partial charge >= 0.3 is 6.18 Å². The Labute approximate surface area is 115 Å². The average Bonchev–Trinajstić information content (AvgIpc) is 2.30. The monoisotopic (exact) mass is 291 g/mol. The molecular formula is C14H17F4NO. The zero-order valence-electron chi connectivity index (χ0n) is 11.1. The van der Waals surface area contributed by atoms with Gasteiger partial charge < -0.3 is 10.1 Å². The second-order valence-corrected chi connectivity index (χ2v) is 4.97. The Morgan fingerprint density at radius 3 is 2.55 bits per heavy atom. The van der Waals surface area contributed by atoms with Crippen molar-refractivity contribution in [2.75, 3.05) is 6.61 Å². The summed E-state index contributed by atoms with van der Waals surface area (Å²) in [7, 11) is 0. The van der Waals surface area contributed by atoms with Crippen molar-refractivity contribution in [1.82, 2.24) is 5.32 Å². The Hall–Kier alpha value is -1.14. The fraction of sp³-hybridized carbons (Fsp3) is 0.571. The SMILES string of the molecule is CCOC1CC(NCc2cc(F)cc(C(F)(F)F)c2)C1. The van der Waals surface area contributed by atoms with Gasteiger partial charge in [-0.2, -0.15) is 13.2 Å². The lowest BCUT2D eigenvalue weighted by molar-refractivity contribution is -0.137. The molecule has 0 aliphatic heterocycles. The minimum absolute atomic E-state index is 0.226. The molecule has 112 valence electrons. The molecule has 0 atom stereocenters. The van der Waals surface area contributed by atoms with Gasteiger partial charge in [0, 0.05) is 19.2 Å². The first kappa shape index (κ1) is 15.3. The topological polar surface area (TPSA) is 21.3 Å². The van der Waals surface area contributed by atoms with Gasteiger partial charge in [0.2, 0.25) is 0 Å². The minimum Gasteiger partial charge on any atom is -0.378 e. The van der Waals surface area contributed by atoms with E-state index in [2.05, 4.69) is 5.32 Å². The molecule has 0 spiro atoms. The van der Waals surface area contributed by atoms with Gasteiger partial charge in [0.05, 0.1) is 11.7 Å². The predicted molar refractivity (Wildman–Crippen MR) is 66.7 cm³/mol. The third-order valence-corrected chi connectivity index (χ3v) is 3.38. The third-order valence-electron chi connectivity index (χ3n) is 3.38. The van der Waals surface area contributed by atoms with Gasteiger partial charge in [-0.3, -0.25) is 0 Å². The molecule has 1 aromatic carbocycles. The summed E-state index contributed by atoms with van der Waals surface area (Å²) in [5, 5.41) is 3.12. The molecule has 0 heterocycles. The Bertz CT molecular complexity index is 455. The van der Waals surface area contributed by atoms with Crippen LogP contribution >= 0.6 is 0 Å². The second-order valence-electron chi connectivity index (χ2n) is 4.97. The zero-order valence-corrected chi connectivity index (χ0v) is 11.1. The first-order chi connectivity index (χ1) is 9.38. The van der Waals surface area contributed by atoms with Crippen molar-refractivity contribution in [3.05, 3.63) is 35.1 Å². The molecule has 1 aliphatic carbocycles. The molecule has 0 unspecified atom stereocenters. The number of ether oxygens (including phenoxy) is 1. The van der Waals surface area contributed by atoms with Crippen LogP contribution in [-0.4, -0.2) is 18.8 Å². The van der Waals surface area contributed by atoms with Gasteiger partial charge in [-0.15, -0.1) is 0 Å². The molecule has 0 saturated heterocycles. The lowest BCUT2D eigenvalue weighted by Crippen LogP contribution is -2.45. The van der Waals surface area contributed by atoms with E-state index in [0.717, 1.165) is 25.0 Å². The van der Waals surface area contributed by atoms with Crippen LogP contribution in [0.15, 0.2) is 18.2 Å². The third kappa shape index (κ3) is 3.93. The van der Waals surface area contributed by atoms with Gasteiger partial charge in [-0.25, -0.2) is 4.39 Å². The first-order valence-corrected chi connectivity index (χ1v) is 6.60. The van der Waals surface area contributed by atoms with Crippen LogP contribution in [0.1, 0.15) is 30.9 Å². The molecule has 0 amide bonds. The van der Waals surface area contributed by atoms with Crippen molar-refractivity contribution in [2.24, 2.45) is 0 Å². The molecule has 0 bridgehead atoms. The van der Waals surface area contributed by atoms with Crippen molar-refractivity contribution in [3.8, 4) is 0 Å². The normalized spacial score (nSPS) is 22.6. The summed E-state index contributed by atoms with van der Waals surface area (Å²) in [4.78, 5) is 0. The van der Waals surface area contributed by atoms with Crippen LogP contribution in [0.4, 0.5) is 17.6 Å². The van der Waals surface area contributed by atoms with E-state index in [1.54, 1.807) is 0 Å². The summed E-state index contributed by atoms with van der Waals surface area (Å²) in [6.45, 7) is 2.81. The van der Waals surface area contributed by atoms with Crippen molar-refractivity contribution in [3.63, 3.8) is 0 Å².